The van der Waals surface area contributed by atoms with Crippen LogP contribution in [0.5, 0.6) is 0 Å². The van der Waals surface area contributed by atoms with Crippen molar-refractivity contribution in [2.24, 2.45) is 11.7 Å². The Morgan fingerprint density at radius 2 is 2.20 bits per heavy atom. The molecule has 0 saturated carbocycles. The van der Waals surface area contributed by atoms with Crippen LogP contribution >= 0.6 is 12.2 Å². The van der Waals surface area contributed by atoms with E-state index in [4.69, 9.17) is 18.0 Å². The van der Waals surface area contributed by atoms with E-state index in [0.717, 1.165) is 31.7 Å². The predicted molar refractivity (Wildman–Crippen MR) is 79.4 cm³/mol. The molecule has 20 heavy (non-hydrogen) atoms. The Balaban J connectivity index is 1.80. The van der Waals surface area contributed by atoms with Gasteiger partial charge in [0.25, 0.3) is 0 Å². The highest BCUT2D eigenvalue weighted by Gasteiger charge is 2.34. The van der Waals surface area contributed by atoms with Crippen LogP contribution in [0.25, 0.3) is 0 Å². The number of thiocarbonyl (C=S) groups is 1. The van der Waals surface area contributed by atoms with Crippen molar-refractivity contribution in [2.45, 2.75) is 25.3 Å². The number of anilines is 1. The smallest absolute Gasteiger partial charge is 0.220 e. The van der Waals surface area contributed by atoms with E-state index in [1.807, 2.05) is 0 Å². The van der Waals surface area contributed by atoms with Gasteiger partial charge in [-0.05, 0) is 18.8 Å². The number of hydrogen-bond donors (Lipinski definition) is 2. The monoisotopic (exact) mass is 291 g/mol. The minimum Gasteiger partial charge on any atom is -0.388 e. The maximum absolute atomic E-state index is 11.4. The molecule has 0 bridgehead atoms. The molecule has 2 atom stereocenters. The topological polar surface area (TPSA) is 84.1 Å². The fraction of sp³-hybridized carbons (Fsp3) is 0.538. The quantitative estimate of drug-likeness (QED) is 0.758. The highest BCUT2D eigenvalue weighted by Crippen LogP contribution is 2.28. The van der Waals surface area contributed by atoms with Gasteiger partial charge in [0.1, 0.15) is 10.7 Å². The minimum absolute atomic E-state index is 0.169. The third-order valence-electron chi connectivity index (χ3n) is 4.03. The molecule has 2 unspecified atom stereocenters. The number of carbonyl (C=O) groups is 1. The molecule has 2 aliphatic heterocycles. The Kier molecular flexibility index (Phi) is 3.52. The summed E-state index contributed by atoms with van der Waals surface area (Å²) < 4.78 is 0. The second-order valence-electron chi connectivity index (χ2n) is 5.30. The first-order valence-electron chi connectivity index (χ1n) is 6.80. The van der Waals surface area contributed by atoms with Gasteiger partial charge in [0, 0.05) is 37.9 Å². The van der Waals surface area contributed by atoms with Crippen molar-refractivity contribution in [1.29, 1.82) is 0 Å². The summed E-state index contributed by atoms with van der Waals surface area (Å²) in [5, 5.41) is 3.08. The average Bonchev–Trinajstić information content (AvgIpc) is 2.46. The summed E-state index contributed by atoms with van der Waals surface area (Å²) in [4.78, 5) is 22.5. The van der Waals surface area contributed by atoms with Gasteiger partial charge in [-0.15, -0.1) is 0 Å². The number of hydrogen-bond acceptors (Lipinski definition) is 5. The summed E-state index contributed by atoms with van der Waals surface area (Å²) in [5.41, 5.74) is 6.30. The van der Waals surface area contributed by atoms with Crippen LogP contribution in [0, 0.1) is 5.92 Å². The molecular formula is C13H17N5OS. The normalized spacial score (nSPS) is 25.8. The maximum atomic E-state index is 11.4. The number of carbonyl (C=O) groups excluding carboxylic acids is 1. The van der Waals surface area contributed by atoms with Gasteiger partial charge in [0.15, 0.2) is 5.82 Å². The zero-order valence-corrected chi connectivity index (χ0v) is 11.9. The summed E-state index contributed by atoms with van der Waals surface area (Å²) in [7, 11) is 0. The van der Waals surface area contributed by atoms with Gasteiger partial charge in [0.05, 0.1) is 0 Å². The first-order chi connectivity index (χ1) is 9.65. The van der Waals surface area contributed by atoms with Gasteiger partial charge >= 0.3 is 0 Å². The second kappa shape index (κ2) is 5.32. The number of nitrogens with two attached hydrogens (primary N) is 1. The van der Waals surface area contributed by atoms with E-state index in [0.29, 0.717) is 18.0 Å². The fourth-order valence-corrected chi connectivity index (χ4v) is 3.18. The molecule has 0 spiro atoms. The van der Waals surface area contributed by atoms with Crippen molar-refractivity contribution in [2.75, 3.05) is 18.0 Å². The number of aromatic nitrogens is 2. The summed E-state index contributed by atoms with van der Waals surface area (Å²) in [6.45, 7) is 1.69. The van der Waals surface area contributed by atoms with Crippen molar-refractivity contribution in [3.05, 3.63) is 18.1 Å². The summed E-state index contributed by atoms with van der Waals surface area (Å²) in [5.74, 6) is 1.39. The van der Waals surface area contributed by atoms with Crippen LogP contribution in [-0.2, 0) is 4.79 Å². The molecule has 3 rings (SSSR count). The minimum atomic E-state index is 0.169. The number of amides is 1. The Bertz CT molecular complexity index is 549. The lowest BCUT2D eigenvalue weighted by Crippen LogP contribution is -2.54. The van der Waals surface area contributed by atoms with Crippen molar-refractivity contribution >= 4 is 28.9 Å². The van der Waals surface area contributed by atoms with Crippen LogP contribution in [-0.4, -0.2) is 40.0 Å². The van der Waals surface area contributed by atoms with Crippen molar-refractivity contribution in [3.63, 3.8) is 0 Å². The molecule has 1 aromatic heterocycles. The highest BCUT2D eigenvalue weighted by molar-refractivity contribution is 7.80. The average molecular weight is 291 g/mol. The van der Waals surface area contributed by atoms with Gasteiger partial charge < -0.3 is 16.0 Å². The summed E-state index contributed by atoms with van der Waals surface area (Å²) in [6, 6.07) is 0.289. The van der Waals surface area contributed by atoms with Crippen LogP contribution in [0.4, 0.5) is 5.82 Å². The van der Waals surface area contributed by atoms with Crippen LogP contribution in [0.3, 0.4) is 0 Å². The zero-order chi connectivity index (χ0) is 14.1. The van der Waals surface area contributed by atoms with Crippen LogP contribution in [0.2, 0.25) is 0 Å². The Morgan fingerprint density at radius 3 is 3.00 bits per heavy atom. The van der Waals surface area contributed by atoms with Crippen molar-refractivity contribution in [1.82, 2.24) is 15.3 Å². The van der Waals surface area contributed by atoms with Gasteiger partial charge in [0.2, 0.25) is 5.91 Å². The SMILES string of the molecule is NC(=S)c1nccnc1N1CCC2NC(=O)CCC2C1. The maximum Gasteiger partial charge on any atom is 0.220 e. The standard InChI is InChI=1S/C13H17N5OS/c14-12(20)11-13(16-5-4-15-11)18-6-3-9-8(7-18)1-2-10(19)17-9/h4-5,8-9H,1-3,6-7H2,(H2,14,20)(H,17,19). The predicted octanol–water partition coefficient (Wildman–Crippen LogP) is 0.216. The van der Waals surface area contributed by atoms with Crippen LogP contribution < -0.4 is 16.0 Å². The van der Waals surface area contributed by atoms with E-state index >= 15 is 0 Å². The largest absolute Gasteiger partial charge is 0.388 e. The number of nitrogens with zero attached hydrogens (tertiary/aromatic N) is 3. The first-order valence-corrected chi connectivity index (χ1v) is 7.21. The molecule has 0 radical (unpaired) electrons. The number of piperidine rings is 2. The molecular weight excluding hydrogens is 274 g/mol. The van der Waals surface area contributed by atoms with E-state index in [1.165, 1.54) is 0 Å². The van der Waals surface area contributed by atoms with Gasteiger partial charge in [-0.25, -0.2) is 9.97 Å². The second-order valence-corrected chi connectivity index (χ2v) is 5.74. The highest BCUT2D eigenvalue weighted by atomic mass is 32.1. The fourth-order valence-electron chi connectivity index (χ4n) is 3.04. The van der Waals surface area contributed by atoms with Crippen molar-refractivity contribution < 1.29 is 4.79 Å². The lowest BCUT2D eigenvalue weighted by atomic mass is 9.85. The molecule has 2 fully saturated rings. The zero-order valence-electron chi connectivity index (χ0n) is 11.1. The van der Waals surface area contributed by atoms with E-state index in [1.54, 1.807) is 12.4 Å². The molecule has 2 aliphatic rings. The summed E-state index contributed by atoms with van der Waals surface area (Å²) in [6.07, 6.45) is 5.72. The molecule has 3 N–H and O–H groups in total. The Labute approximate surface area is 122 Å². The molecule has 7 heteroatoms. The Morgan fingerprint density at radius 1 is 1.40 bits per heavy atom. The first kappa shape index (κ1) is 13.2. The van der Waals surface area contributed by atoms with Gasteiger partial charge in [-0.3, -0.25) is 4.79 Å². The molecule has 2 saturated heterocycles. The number of fused-ring (bicyclic) bond motifs is 1. The summed E-state index contributed by atoms with van der Waals surface area (Å²) >= 11 is 5.04. The molecule has 1 amide bonds. The third kappa shape index (κ3) is 2.45. The molecule has 106 valence electrons. The van der Waals surface area contributed by atoms with Gasteiger partial charge in [-0.2, -0.15) is 0 Å². The number of rotatable bonds is 2. The third-order valence-corrected chi connectivity index (χ3v) is 4.23. The lowest BCUT2D eigenvalue weighted by Gasteiger charge is -2.42. The van der Waals surface area contributed by atoms with Crippen molar-refractivity contribution in [3.8, 4) is 0 Å². The molecule has 3 heterocycles. The lowest BCUT2D eigenvalue weighted by molar-refractivity contribution is -0.124. The molecule has 6 nitrogen and oxygen atoms in total. The van der Waals surface area contributed by atoms with E-state index < -0.39 is 0 Å². The van der Waals surface area contributed by atoms with E-state index in [2.05, 4.69) is 20.2 Å². The van der Waals surface area contributed by atoms with Gasteiger partial charge in [-0.1, -0.05) is 12.2 Å². The molecule has 0 aliphatic carbocycles. The molecule has 0 aromatic carbocycles. The Hall–Kier alpha value is -1.76. The molecule has 1 aromatic rings. The van der Waals surface area contributed by atoms with E-state index in [-0.39, 0.29) is 16.9 Å². The van der Waals surface area contributed by atoms with Crippen LogP contribution in [0.1, 0.15) is 25.0 Å². The van der Waals surface area contributed by atoms with Crippen LogP contribution in [0.15, 0.2) is 12.4 Å². The number of nitrogens with one attached hydrogen (secondary N) is 1. The van der Waals surface area contributed by atoms with E-state index in [9.17, 15) is 4.79 Å².